The Balaban J connectivity index is 1.67. The number of amides is 1. The van der Waals surface area contributed by atoms with Gasteiger partial charge in [-0.2, -0.15) is 8.78 Å². The third-order valence-electron chi connectivity index (χ3n) is 9.38. The zero-order chi connectivity index (χ0) is 33.3. The van der Waals surface area contributed by atoms with Crippen LogP contribution < -0.4 is 10.2 Å². The number of aromatic nitrogens is 3. The molecule has 8 nitrogen and oxygen atoms in total. The van der Waals surface area contributed by atoms with Crippen LogP contribution in [0.2, 0.25) is 18.1 Å². The molecule has 3 heterocycles. The number of aryl methyl sites for hydroxylation is 2. The Bertz CT molecular complexity index is 1530. The second-order valence-electron chi connectivity index (χ2n) is 12.6. The maximum absolute atomic E-state index is 16.2. The summed E-state index contributed by atoms with van der Waals surface area (Å²) < 4.78 is 54.7. The molecule has 12 heteroatoms. The maximum atomic E-state index is 16.2. The van der Waals surface area contributed by atoms with Crippen LogP contribution in [0, 0.1) is 19.7 Å². The van der Waals surface area contributed by atoms with Gasteiger partial charge in [-0.15, -0.1) is 0 Å². The standard InChI is InChI=1S/C33H47F3N6O2Si/c1-10-45(11-2,12-3)44-32(8,9)33(35,36)27-15-13-14-25(29(27)34)21(4)37-30-26-20-28(22(5)38-31(26)40-23(6)39-30)42-18-16-41(17-19-42)24(7)43/h13-15,20-21H,10-12,16-19H2,1-9H3,(H,37,38,39,40). The van der Waals surface area contributed by atoms with Gasteiger partial charge < -0.3 is 19.5 Å². The van der Waals surface area contributed by atoms with Crippen LogP contribution >= 0.6 is 0 Å². The zero-order valence-electron chi connectivity index (χ0n) is 28.0. The first-order chi connectivity index (χ1) is 21.1. The third kappa shape index (κ3) is 6.81. The van der Waals surface area contributed by atoms with Crippen molar-refractivity contribution < 1.29 is 22.4 Å². The van der Waals surface area contributed by atoms with Crippen molar-refractivity contribution in [3.8, 4) is 0 Å². The van der Waals surface area contributed by atoms with Gasteiger partial charge in [0.25, 0.3) is 0 Å². The molecular weight excluding hydrogens is 597 g/mol. The number of anilines is 2. The molecule has 1 saturated heterocycles. The first-order valence-corrected chi connectivity index (χ1v) is 18.4. The Hall–Kier alpha value is -3.25. The number of alkyl halides is 2. The maximum Gasteiger partial charge on any atom is 0.302 e. The van der Waals surface area contributed by atoms with Gasteiger partial charge in [-0.1, -0.05) is 32.9 Å². The van der Waals surface area contributed by atoms with E-state index < -0.39 is 37.3 Å². The molecular formula is C33H47F3N6O2Si. The lowest BCUT2D eigenvalue weighted by Gasteiger charge is -2.42. The van der Waals surface area contributed by atoms with Crippen molar-refractivity contribution in [3.05, 3.63) is 52.7 Å². The van der Waals surface area contributed by atoms with Crippen molar-refractivity contribution in [1.82, 2.24) is 19.9 Å². The minimum Gasteiger partial charge on any atom is -0.405 e. The molecule has 2 aromatic heterocycles. The number of carbonyl (C=O) groups excluding carboxylic acids is 1. The molecule has 0 aliphatic carbocycles. The van der Waals surface area contributed by atoms with Crippen molar-refractivity contribution in [2.45, 2.75) is 98.0 Å². The van der Waals surface area contributed by atoms with Gasteiger partial charge in [0.05, 0.1) is 28.4 Å². The molecule has 0 radical (unpaired) electrons. The van der Waals surface area contributed by atoms with Gasteiger partial charge in [0, 0.05) is 38.7 Å². The number of fused-ring (bicyclic) bond motifs is 1. The highest BCUT2D eigenvalue weighted by Crippen LogP contribution is 2.46. The molecule has 4 rings (SSSR count). The molecule has 246 valence electrons. The predicted molar refractivity (Wildman–Crippen MR) is 176 cm³/mol. The average molecular weight is 645 g/mol. The monoisotopic (exact) mass is 644 g/mol. The Labute approximate surface area is 265 Å². The van der Waals surface area contributed by atoms with E-state index in [1.54, 1.807) is 20.8 Å². The number of rotatable bonds is 11. The number of hydrogen-bond donors (Lipinski definition) is 1. The summed E-state index contributed by atoms with van der Waals surface area (Å²) in [6.45, 7) is 18.2. The molecule has 0 spiro atoms. The predicted octanol–water partition coefficient (Wildman–Crippen LogP) is 7.51. The average Bonchev–Trinajstić information content (AvgIpc) is 2.99. The summed E-state index contributed by atoms with van der Waals surface area (Å²) in [5.41, 5.74) is -0.308. The Morgan fingerprint density at radius 1 is 1.04 bits per heavy atom. The summed E-state index contributed by atoms with van der Waals surface area (Å²) in [7, 11) is -2.42. The van der Waals surface area contributed by atoms with Crippen molar-refractivity contribution in [2.75, 3.05) is 36.4 Å². The molecule has 1 aliphatic heterocycles. The van der Waals surface area contributed by atoms with Gasteiger partial charge in [0.15, 0.2) is 14.0 Å². The summed E-state index contributed by atoms with van der Waals surface area (Å²) in [4.78, 5) is 29.7. The van der Waals surface area contributed by atoms with Gasteiger partial charge in [-0.25, -0.2) is 19.3 Å². The van der Waals surface area contributed by atoms with Crippen molar-refractivity contribution in [2.24, 2.45) is 0 Å². The van der Waals surface area contributed by atoms with Gasteiger partial charge >= 0.3 is 5.92 Å². The summed E-state index contributed by atoms with van der Waals surface area (Å²) in [6.07, 6.45) is 0. The molecule has 0 saturated carbocycles. The van der Waals surface area contributed by atoms with Gasteiger partial charge in [0.2, 0.25) is 5.91 Å². The molecule has 1 amide bonds. The minimum absolute atomic E-state index is 0.0513. The lowest BCUT2D eigenvalue weighted by molar-refractivity contribution is -0.161. The van der Waals surface area contributed by atoms with E-state index in [0.29, 0.717) is 67.0 Å². The van der Waals surface area contributed by atoms with Crippen LogP contribution in [0.5, 0.6) is 0 Å². The Morgan fingerprint density at radius 2 is 1.67 bits per heavy atom. The van der Waals surface area contributed by atoms with Crippen molar-refractivity contribution >= 4 is 36.8 Å². The molecule has 0 bridgehead atoms. The summed E-state index contributed by atoms with van der Waals surface area (Å²) in [5, 5.41) is 3.90. The number of hydrogen-bond acceptors (Lipinski definition) is 7. The molecule has 1 fully saturated rings. The van der Waals surface area contributed by atoms with E-state index in [2.05, 4.69) is 20.2 Å². The van der Waals surface area contributed by atoms with Crippen molar-refractivity contribution in [3.63, 3.8) is 0 Å². The first kappa shape index (κ1) is 34.6. The number of nitrogens with one attached hydrogen (secondary N) is 1. The van der Waals surface area contributed by atoms with Crippen LogP contribution in [-0.2, 0) is 15.1 Å². The van der Waals surface area contributed by atoms with E-state index in [0.717, 1.165) is 17.4 Å². The number of piperazine rings is 1. The lowest BCUT2D eigenvalue weighted by atomic mass is 9.91. The van der Waals surface area contributed by atoms with Gasteiger partial charge in [0.1, 0.15) is 23.1 Å². The lowest BCUT2D eigenvalue weighted by Crippen LogP contribution is -2.52. The van der Waals surface area contributed by atoms with Gasteiger partial charge in [-0.3, -0.25) is 4.79 Å². The number of carbonyl (C=O) groups is 1. The van der Waals surface area contributed by atoms with Crippen LogP contribution in [0.1, 0.15) is 77.2 Å². The smallest absolute Gasteiger partial charge is 0.302 e. The van der Waals surface area contributed by atoms with E-state index in [-0.39, 0.29) is 11.5 Å². The molecule has 1 aromatic carbocycles. The molecule has 1 atom stereocenters. The Morgan fingerprint density at radius 3 is 2.24 bits per heavy atom. The second-order valence-corrected chi connectivity index (χ2v) is 17.3. The number of benzene rings is 1. The largest absolute Gasteiger partial charge is 0.405 e. The van der Waals surface area contributed by atoms with Gasteiger partial charge in [-0.05, 0) is 64.9 Å². The molecule has 1 unspecified atom stereocenters. The van der Waals surface area contributed by atoms with E-state index in [1.807, 2.05) is 38.7 Å². The summed E-state index contributed by atoms with van der Waals surface area (Å²) in [6, 6.07) is 7.51. The van der Waals surface area contributed by atoms with E-state index in [4.69, 9.17) is 9.41 Å². The molecule has 1 N–H and O–H groups in total. The molecule has 3 aromatic rings. The van der Waals surface area contributed by atoms with E-state index in [1.165, 1.54) is 26.0 Å². The number of halogens is 3. The topological polar surface area (TPSA) is 83.5 Å². The van der Waals surface area contributed by atoms with Crippen LogP contribution in [-0.4, -0.2) is 65.9 Å². The third-order valence-corrected chi connectivity index (χ3v) is 14.2. The van der Waals surface area contributed by atoms with Crippen LogP contribution in [0.25, 0.3) is 11.0 Å². The quantitative estimate of drug-likeness (QED) is 0.216. The fourth-order valence-electron chi connectivity index (χ4n) is 6.24. The highest BCUT2D eigenvalue weighted by Gasteiger charge is 2.54. The van der Waals surface area contributed by atoms with Crippen molar-refractivity contribution in [1.29, 1.82) is 0 Å². The van der Waals surface area contributed by atoms with E-state index in [9.17, 15) is 4.79 Å². The summed E-state index contributed by atoms with van der Waals surface area (Å²) in [5.74, 6) is -3.58. The molecule has 45 heavy (non-hydrogen) atoms. The number of nitrogens with zero attached hydrogens (tertiary/aromatic N) is 5. The highest BCUT2D eigenvalue weighted by atomic mass is 28.4. The SMILES string of the molecule is CC[Si](CC)(CC)OC(C)(C)C(F)(F)c1cccc(C(C)Nc2nc(C)nc3nc(C)c(N4CCN(C(C)=O)CC4)cc23)c1F. The van der Waals surface area contributed by atoms with E-state index >= 15 is 13.2 Å². The molecule has 1 aliphatic rings. The normalized spacial score (nSPS) is 15.5. The fourth-order valence-corrected chi connectivity index (χ4v) is 9.38. The number of pyridine rings is 1. The van der Waals surface area contributed by atoms with Crippen LogP contribution in [0.3, 0.4) is 0 Å². The minimum atomic E-state index is -3.58. The second kappa shape index (κ2) is 13.2. The fraction of sp³-hybridized carbons (Fsp3) is 0.576. The summed E-state index contributed by atoms with van der Waals surface area (Å²) >= 11 is 0. The first-order valence-electron chi connectivity index (χ1n) is 15.9. The zero-order valence-corrected chi connectivity index (χ0v) is 29.0. The van der Waals surface area contributed by atoms with Crippen LogP contribution in [0.15, 0.2) is 24.3 Å². The highest BCUT2D eigenvalue weighted by molar-refractivity contribution is 6.73. The Kier molecular flexibility index (Phi) is 10.2. The van der Waals surface area contributed by atoms with Crippen LogP contribution in [0.4, 0.5) is 24.7 Å².